The average Bonchev–Trinajstić information content (AvgIpc) is 1.79. The molecule has 1 aliphatic carbocycles. The molecule has 0 nitrogen and oxygen atoms in total. The van der Waals surface area contributed by atoms with Crippen LogP contribution in [0.2, 0.25) is 5.82 Å². The van der Waals surface area contributed by atoms with Crippen LogP contribution in [0.5, 0.6) is 0 Å². The second kappa shape index (κ2) is 0.765. The molecule has 0 aromatic carbocycles. The van der Waals surface area contributed by atoms with Crippen LogP contribution in [0.25, 0.3) is 0 Å². The third kappa shape index (κ3) is 0.471. The lowest BCUT2D eigenvalue weighted by Crippen LogP contribution is -1.59. The van der Waals surface area contributed by atoms with Crippen LogP contribution in [0, 0.1) is 5.92 Å². The molecule has 28 valence electrons. The second-order valence-electron chi connectivity index (χ2n) is 2.19. The SMILES string of the molecule is B[C@H]1CC1C. The molecule has 0 spiro atoms. The molecule has 1 heteroatoms. The minimum atomic E-state index is 1.05. The Morgan fingerprint density at radius 1 is 1.80 bits per heavy atom. The summed E-state index contributed by atoms with van der Waals surface area (Å²) in [6.07, 6.45) is 1.47. The summed E-state index contributed by atoms with van der Waals surface area (Å²) in [5, 5.41) is 0. The van der Waals surface area contributed by atoms with E-state index in [1.807, 2.05) is 0 Å². The quantitative estimate of drug-likeness (QED) is 0.361. The maximum atomic E-state index is 2.30. The van der Waals surface area contributed by atoms with E-state index in [2.05, 4.69) is 14.8 Å². The third-order valence-corrected chi connectivity index (χ3v) is 1.51. The lowest BCUT2D eigenvalue weighted by molar-refractivity contribution is 0.981. The van der Waals surface area contributed by atoms with Gasteiger partial charge in [0.1, 0.15) is 7.85 Å². The van der Waals surface area contributed by atoms with E-state index in [0.29, 0.717) is 0 Å². The highest BCUT2D eigenvalue weighted by Crippen LogP contribution is 2.40. The highest BCUT2D eigenvalue weighted by atomic mass is 14.3. The van der Waals surface area contributed by atoms with E-state index in [1.54, 1.807) is 0 Å². The summed E-state index contributed by atoms with van der Waals surface area (Å²) in [5.74, 6) is 2.10. The van der Waals surface area contributed by atoms with E-state index >= 15 is 0 Å². The zero-order valence-corrected chi connectivity index (χ0v) is 3.86. The largest absolute Gasteiger partial charge is 0.105 e. The topological polar surface area (TPSA) is 0 Å². The van der Waals surface area contributed by atoms with Gasteiger partial charge in [0, 0.05) is 0 Å². The average molecular weight is 67.9 g/mol. The number of hydrogen-bond donors (Lipinski definition) is 0. The van der Waals surface area contributed by atoms with Crippen molar-refractivity contribution in [2.24, 2.45) is 5.92 Å². The van der Waals surface area contributed by atoms with E-state index in [-0.39, 0.29) is 0 Å². The Labute approximate surface area is 34.0 Å². The molecule has 0 heterocycles. The van der Waals surface area contributed by atoms with Crippen molar-refractivity contribution in [3.05, 3.63) is 0 Å². The van der Waals surface area contributed by atoms with Crippen molar-refractivity contribution < 1.29 is 0 Å². The first kappa shape index (κ1) is 3.26. The molecule has 2 atom stereocenters. The molecule has 0 amide bonds. The Kier molecular flexibility index (Phi) is 0.499. The summed E-state index contributed by atoms with van der Waals surface area (Å²) >= 11 is 0. The third-order valence-electron chi connectivity index (χ3n) is 1.51. The maximum Gasteiger partial charge on any atom is 0.105 e. The lowest BCUT2D eigenvalue weighted by atomic mass is 10.0. The predicted octanol–water partition coefficient (Wildman–Crippen LogP) is 0.448. The zero-order chi connectivity index (χ0) is 3.86. The van der Waals surface area contributed by atoms with Gasteiger partial charge in [-0.1, -0.05) is 19.2 Å². The molecule has 0 aliphatic heterocycles. The molecule has 0 aromatic rings. The maximum absolute atomic E-state index is 2.30. The van der Waals surface area contributed by atoms with Crippen molar-refractivity contribution in [1.82, 2.24) is 0 Å². The molecule has 1 rings (SSSR count). The fourth-order valence-electron chi connectivity index (χ4n) is 0.508. The Morgan fingerprint density at radius 3 is 2.00 bits per heavy atom. The number of rotatable bonds is 0. The van der Waals surface area contributed by atoms with Crippen LogP contribution in [0.1, 0.15) is 13.3 Å². The van der Waals surface area contributed by atoms with E-state index in [0.717, 1.165) is 11.7 Å². The van der Waals surface area contributed by atoms with Crippen LogP contribution in [-0.2, 0) is 0 Å². The van der Waals surface area contributed by atoms with E-state index in [4.69, 9.17) is 0 Å². The van der Waals surface area contributed by atoms with Crippen molar-refractivity contribution in [2.45, 2.75) is 19.2 Å². The van der Waals surface area contributed by atoms with Crippen molar-refractivity contribution in [3.8, 4) is 0 Å². The molecule has 1 unspecified atom stereocenters. The van der Waals surface area contributed by atoms with Crippen LogP contribution in [0.15, 0.2) is 0 Å². The summed E-state index contributed by atoms with van der Waals surface area (Å²) in [4.78, 5) is 0. The Balaban J connectivity index is 2.20. The Bertz CT molecular complexity index is 36.9. The Morgan fingerprint density at radius 2 is 2.00 bits per heavy atom. The first-order chi connectivity index (χ1) is 2.30. The number of hydrogen-bond acceptors (Lipinski definition) is 0. The molecule has 0 N–H and O–H groups in total. The first-order valence-corrected chi connectivity index (χ1v) is 2.30. The molecular formula is C4H9B. The van der Waals surface area contributed by atoms with Crippen molar-refractivity contribution in [1.29, 1.82) is 0 Å². The first-order valence-electron chi connectivity index (χ1n) is 2.30. The molecule has 1 fully saturated rings. The highest BCUT2D eigenvalue weighted by Gasteiger charge is 2.26. The van der Waals surface area contributed by atoms with Crippen LogP contribution in [0.3, 0.4) is 0 Å². The van der Waals surface area contributed by atoms with Gasteiger partial charge in [-0.25, -0.2) is 0 Å². The van der Waals surface area contributed by atoms with Gasteiger partial charge >= 0.3 is 0 Å². The summed E-state index contributed by atoms with van der Waals surface area (Å²) in [6.45, 7) is 2.30. The minimum absolute atomic E-state index is 1.05. The lowest BCUT2D eigenvalue weighted by Gasteiger charge is -1.66. The molecule has 0 saturated heterocycles. The van der Waals surface area contributed by atoms with Gasteiger partial charge in [-0.05, 0) is 5.92 Å². The van der Waals surface area contributed by atoms with Crippen molar-refractivity contribution in [2.75, 3.05) is 0 Å². The molecule has 0 aromatic heterocycles. The zero-order valence-electron chi connectivity index (χ0n) is 3.86. The van der Waals surface area contributed by atoms with Gasteiger partial charge in [0.05, 0.1) is 0 Å². The molecular weight excluding hydrogens is 58.9 g/mol. The summed E-state index contributed by atoms with van der Waals surface area (Å²) in [7, 11) is 2.30. The van der Waals surface area contributed by atoms with Gasteiger partial charge in [-0.3, -0.25) is 0 Å². The van der Waals surface area contributed by atoms with Gasteiger partial charge in [-0.15, -0.1) is 0 Å². The standard InChI is InChI=1S/C4H9B/c1-3-2-4(3)5/h3-4H,2,5H2,1H3/t3?,4-/m0/s1. The molecule has 1 aliphatic rings. The normalized spacial score (nSPS) is 49.0. The molecule has 5 heavy (non-hydrogen) atoms. The highest BCUT2D eigenvalue weighted by molar-refractivity contribution is 6.13. The minimum Gasteiger partial charge on any atom is -0.0670 e. The summed E-state index contributed by atoms with van der Waals surface area (Å²) in [5.41, 5.74) is 0. The predicted molar refractivity (Wildman–Crippen MR) is 26.1 cm³/mol. The van der Waals surface area contributed by atoms with Crippen molar-refractivity contribution >= 4 is 7.85 Å². The van der Waals surface area contributed by atoms with E-state index in [9.17, 15) is 0 Å². The monoisotopic (exact) mass is 68.1 g/mol. The molecule has 0 radical (unpaired) electrons. The van der Waals surface area contributed by atoms with Gasteiger partial charge in [0.15, 0.2) is 0 Å². The van der Waals surface area contributed by atoms with Crippen LogP contribution in [0.4, 0.5) is 0 Å². The molecule has 1 saturated carbocycles. The van der Waals surface area contributed by atoms with Gasteiger partial charge in [-0.2, -0.15) is 0 Å². The fraction of sp³-hybridized carbons (Fsp3) is 1.00. The van der Waals surface area contributed by atoms with Gasteiger partial charge in [0.2, 0.25) is 0 Å². The van der Waals surface area contributed by atoms with Crippen LogP contribution in [-0.4, -0.2) is 7.85 Å². The van der Waals surface area contributed by atoms with Gasteiger partial charge < -0.3 is 0 Å². The van der Waals surface area contributed by atoms with Crippen molar-refractivity contribution in [3.63, 3.8) is 0 Å². The smallest absolute Gasteiger partial charge is 0.0670 e. The molecule has 0 bridgehead atoms. The Hall–Kier alpha value is 0.0649. The van der Waals surface area contributed by atoms with E-state index in [1.165, 1.54) is 6.42 Å². The van der Waals surface area contributed by atoms with Gasteiger partial charge in [0.25, 0.3) is 0 Å². The second-order valence-corrected chi connectivity index (χ2v) is 2.19. The van der Waals surface area contributed by atoms with Crippen LogP contribution >= 0.6 is 0 Å². The van der Waals surface area contributed by atoms with Crippen LogP contribution < -0.4 is 0 Å². The van der Waals surface area contributed by atoms with E-state index < -0.39 is 0 Å². The summed E-state index contributed by atoms with van der Waals surface area (Å²) < 4.78 is 0. The fourth-order valence-corrected chi connectivity index (χ4v) is 0.508. The summed E-state index contributed by atoms with van der Waals surface area (Å²) in [6, 6.07) is 0.